The topological polar surface area (TPSA) is 75.4 Å². The largest absolute Gasteiger partial charge is 0.393 e. The fraction of sp³-hybridized carbons (Fsp3) is 0.900. The van der Waals surface area contributed by atoms with Gasteiger partial charge in [0.15, 0.2) is 0 Å². The van der Waals surface area contributed by atoms with E-state index in [0.717, 1.165) is 12.8 Å². The molecular weight excluding hydrogens is 258 g/mol. The Bertz CT molecular complexity index is 364. The van der Waals surface area contributed by atoms with Gasteiger partial charge in [-0.2, -0.15) is 12.7 Å². The van der Waals surface area contributed by atoms with Gasteiger partial charge >= 0.3 is 0 Å². The quantitative estimate of drug-likeness (QED) is 0.639. The van der Waals surface area contributed by atoms with Crippen LogP contribution < -0.4 is 10.5 Å². The number of rotatable bonds is 8. The van der Waals surface area contributed by atoms with Gasteiger partial charge in [-0.15, -0.1) is 0 Å². The molecule has 0 spiro atoms. The zero-order valence-electron chi connectivity index (χ0n) is 10.3. The fourth-order valence-corrected chi connectivity index (χ4v) is 3.17. The molecule has 1 saturated carbocycles. The maximum absolute atomic E-state index is 12.1. The summed E-state index contributed by atoms with van der Waals surface area (Å²) < 4.78 is 28.2. The van der Waals surface area contributed by atoms with Crippen molar-refractivity contribution >= 4 is 27.4 Å². The average Bonchev–Trinajstić information content (AvgIpc) is 2.98. The van der Waals surface area contributed by atoms with Gasteiger partial charge in [0.1, 0.15) is 0 Å². The van der Waals surface area contributed by atoms with E-state index in [1.165, 1.54) is 4.31 Å². The molecule has 0 atom stereocenters. The van der Waals surface area contributed by atoms with Gasteiger partial charge in [-0.05, 0) is 18.8 Å². The monoisotopic (exact) mass is 279 g/mol. The van der Waals surface area contributed by atoms with Gasteiger partial charge in [0.05, 0.1) is 4.99 Å². The van der Waals surface area contributed by atoms with Gasteiger partial charge in [0.25, 0.3) is 10.2 Å². The van der Waals surface area contributed by atoms with Crippen LogP contribution in [-0.2, 0) is 10.2 Å². The SMILES string of the molecule is CC(C)CNS(=O)(=O)N(CCC(N)=S)C1CC1. The highest BCUT2D eigenvalue weighted by molar-refractivity contribution is 7.87. The van der Waals surface area contributed by atoms with Crippen LogP contribution in [0.4, 0.5) is 0 Å². The highest BCUT2D eigenvalue weighted by Gasteiger charge is 2.36. The molecule has 1 aliphatic carbocycles. The maximum atomic E-state index is 12.1. The van der Waals surface area contributed by atoms with Crippen molar-refractivity contribution in [1.29, 1.82) is 0 Å². The van der Waals surface area contributed by atoms with Crippen molar-refractivity contribution in [3.8, 4) is 0 Å². The maximum Gasteiger partial charge on any atom is 0.279 e. The van der Waals surface area contributed by atoms with E-state index in [-0.39, 0.29) is 6.04 Å². The molecule has 1 aliphatic rings. The summed E-state index contributed by atoms with van der Waals surface area (Å²) in [4.78, 5) is 0.356. The number of thiocarbonyl (C=S) groups is 1. The van der Waals surface area contributed by atoms with Crippen molar-refractivity contribution < 1.29 is 8.42 Å². The first-order chi connectivity index (χ1) is 7.83. The van der Waals surface area contributed by atoms with E-state index in [9.17, 15) is 8.42 Å². The van der Waals surface area contributed by atoms with Gasteiger partial charge in [-0.1, -0.05) is 26.1 Å². The molecule has 0 aromatic carbocycles. The van der Waals surface area contributed by atoms with Crippen molar-refractivity contribution in [1.82, 2.24) is 9.03 Å². The Kier molecular flexibility index (Phi) is 5.30. The predicted molar refractivity (Wildman–Crippen MR) is 72.9 cm³/mol. The van der Waals surface area contributed by atoms with Gasteiger partial charge in [0, 0.05) is 25.6 Å². The number of nitrogens with two attached hydrogens (primary N) is 1. The van der Waals surface area contributed by atoms with Crippen molar-refractivity contribution in [3.05, 3.63) is 0 Å². The third-order valence-corrected chi connectivity index (χ3v) is 4.35. The summed E-state index contributed by atoms with van der Waals surface area (Å²) in [5.41, 5.74) is 5.42. The Hall–Kier alpha value is -0.240. The van der Waals surface area contributed by atoms with Crippen molar-refractivity contribution in [2.45, 2.75) is 39.2 Å². The van der Waals surface area contributed by atoms with Crippen LogP contribution in [0.15, 0.2) is 0 Å². The summed E-state index contributed by atoms with van der Waals surface area (Å²) >= 11 is 4.79. The highest BCUT2D eigenvalue weighted by atomic mass is 32.2. The van der Waals surface area contributed by atoms with E-state index in [1.54, 1.807) is 0 Å². The second-order valence-corrected chi connectivity index (χ2v) is 7.04. The molecule has 1 rings (SSSR count). The Labute approximate surface area is 109 Å². The minimum Gasteiger partial charge on any atom is -0.393 e. The van der Waals surface area contributed by atoms with Crippen molar-refractivity contribution in [2.75, 3.05) is 13.1 Å². The summed E-state index contributed by atoms with van der Waals surface area (Å²) in [6.45, 7) is 4.78. The Balaban J connectivity index is 2.58. The van der Waals surface area contributed by atoms with Gasteiger partial charge in [-0.25, -0.2) is 4.72 Å². The molecule has 0 bridgehead atoms. The second-order valence-electron chi connectivity index (χ2n) is 4.81. The lowest BCUT2D eigenvalue weighted by atomic mass is 10.2. The summed E-state index contributed by atoms with van der Waals surface area (Å²) in [6, 6.07) is 0.133. The van der Waals surface area contributed by atoms with E-state index in [2.05, 4.69) is 4.72 Å². The third-order valence-electron chi connectivity index (χ3n) is 2.52. The van der Waals surface area contributed by atoms with Crippen LogP contribution in [0.1, 0.15) is 33.1 Å². The highest BCUT2D eigenvalue weighted by Crippen LogP contribution is 2.28. The lowest BCUT2D eigenvalue weighted by Crippen LogP contribution is -2.44. The molecule has 0 heterocycles. The predicted octanol–water partition coefficient (Wildman–Crippen LogP) is 0.617. The Morgan fingerprint density at radius 3 is 2.53 bits per heavy atom. The van der Waals surface area contributed by atoms with E-state index < -0.39 is 10.2 Å². The molecular formula is C10H21N3O2S2. The molecule has 0 amide bonds. The summed E-state index contributed by atoms with van der Waals surface area (Å²) in [5, 5.41) is 0. The van der Waals surface area contributed by atoms with Gasteiger partial charge in [-0.3, -0.25) is 0 Å². The molecule has 0 aromatic rings. The molecule has 17 heavy (non-hydrogen) atoms. The zero-order chi connectivity index (χ0) is 13.1. The Morgan fingerprint density at radius 1 is 1.53 bits per heavy atom. The standard InChI is InChI=1S/C10H21N3O2S2/c1-8(2)7-12-17(14,15)13(9-3-4-9)6-5-10(11)16/h8-9,12H,3-7H2,1-2H3,(H2,11,16). The van der Waals surface area contributed by atoms with E-state index in [4.69, 9.17) is 18.0 Å². The minimum absolute atomic E-state index is 0.133. The van der Waals surface area contributed by atoms with Crippen LogP contribution in [0, 0.1) is 5.92 Å². The molecule has 100 valence electrons. The van der Waals surface area contributed by atoms with Crippen LogP contribution in [0.2, 0.25) is 0 Å². The Morgan fingerprint density at radius 2 is 2.12 bits per heavy atom. The third kappa shape index (κ3) is 5.29. The molecule has 0 saturated heterocycles. The van der Waals surface area contributed by atoms with E-state index in [0.29, 0.717) is 30.4 Å². The summed E-state index contributed by atoms with van der Waals surface area (Å²) in [6.07, 6.45) is 2.30. The van der Waals surface area contributed by atoms with Crippen LogP contribution in [0.25, 0.3) is 0 Å². The van der Waals surface area contributed by atoms with Crippen LogP contribution in [0.3, 0.4) is 0 Å². The molecule has 3 N–H and O–H groups in total. The van der Waals surface area contributed by atoms with E-state index >= 15 is 0 Å². The van der Waals surface area contributed by atoms with Crippen molar-refractivity contribution in [2.24, 2.45) is 11.7 Å². The first-order valence-electron chi connectivity index (χ1n) is 5.87. The second kappa shape index (κ2) is 6.08. The lowest BCUT2D eigenvalue weighted by Gasteiger charge is -2.22. The molecule has 0 aromatic heterocycles. The van der Waals surface area contributed by atoms with Gasteiger partial charge in [0.2, 0.25) is 0 Å². The molecule has 7 heteroatoms. The van der Waals surface area contributed by atoms with Gasteiger partial charge < -0.3 is 5.73 Å². The normalized spacial score (nSPS) is 16.7. The van der Waals surface area contributed by atoms with E-state index in [1.807, 2.05) is 13.8 Å². The zero-order valence-corrected chi connectivity index (χ0v) is 12.0. The molecule has 5 nitrogen and oxygen atoms in total. The molecule has 0 aliphatic heterocycles. The molecule has 0 unspecified atom stereocenters. The molecule has 0 radical (unpaired) electrons. The van der Waals surface area contributed by atoms with Crippen molar-refractivity contribution in [3.63, 3.8) is 0 Å². The number of nitrogens with zero attached hydrogens (tertiary/aromatic N) is 1. The first kappa shape index (κ1) is 14.8. The minimum atomic E-state index is -3.38. The first-order valence-corrected chi connectivity index (χ1v) is 7.72. The summed E-state index contributed by atoms with van der Waals surface area (Å²) in [7, 11) is -3.38. The molecule has 1 fully saturated rings. The summed E-state index contributed by atoms with van der Waals surface area (Å²) in [5.74, 6) is 0.293. The lowest BCUT2D eigenvalue weighted by molar-refractivity contribution is 0.401. The number of hydrogen-bond acceptors (Lipinski definition) is 3. The van der Waals surface area contributed by atoms with Crippen LogP contribution >= 0.6 is 12.2 Å². The fourth-order valence-electron chi connectivity index (χ4n) is 1.44. The average molecular weight is 279 g/mol. The van der Waals surface area contributed by atoms with Crippen LogP contribution in [0.5, 0.6) is 0 Å². The number of nitrogens with one attached hydrogen (secondary N) is 1. The van der Waals surface area contributed by atoms with Crippen LogP contribution in [-0.4, -0.2) is 36.8 Å². The number of hydrogen-bond donors (Lipinski definition) is 2. The smallest absolute Gasteiger partial charge is 0.279 e.